The summed E-state index contributed by atoms with van der Waals surface area (Å²) in [6, 6.07) is 24.3. The van der Waals surface area contributed by atoms with Gasteiger partial charge in [-0.1, -0.05) is 67.6 Å². The van der Waals surface area contributed by atoms with Crippen LogP contribution in [0.25, 0.3) is 11.1 Å². The van der Waals surface area contributed by atoms with E-state index in [4.69, 9.17) is 0 Å². The number of nitrogens with zero attached hydrogens (tertiary/aromatic N) is 2. The van der Waals surface area contributed by atoms with Crippen LogP contribution in [-0.4, -0.2) is 83.3 Å². The lowest BCUT2D eigenvalue weighted by Crippen LogP contribution is -2.54. The van der Waals surface area contributed by atoms with E-state index in [9.17, 15) is 37.5 Å². The summed E-state index contributed by atoms with van der Waals surface area (Å²) >= 11 is 1.57. The third kappa shape index (κ3) is 9.32. The molecule has 0 aromatic heterocycles. The van der Waals surface area contributed by atoms with Crippen molar-refractivity contribution in [1.82, 2.24) is 14.5 Å². The summed E-state index contributed by atoms with van der Waals surface area (Å²) in [5.41, 5.74) is 5.87. The van der Waals surface area contributed by atoms with E-state index in [1.807, 2.05) is 61.5 Å². The van der Waals surface area contributed by atoms with Crippen LogP contribution in [0.4, 0.5) is 11.4 Å². The van der Waals surface area contributed by atoms with Gasteiger partial charge in [-0.25, -0.2) is 8.42 Å². The van der Waals surface area contributed by atoms with Crippen molar-refractivity contribution in [3.63, 3.8) is 0 Å². The molecule has 1 saturated carbocycles. The number of thioether (sulfide) groups is 1. The van der Waals surface area contributed by atoms with Crippen molar-refractivity contribution in [2.24, 2.45) is 17.8 Å². The Labute approximate surface area is 390 Å². The Morgan fingerprint density at radius 1 is 0.833 bits per heavy atom. The smallest absolute Gasteiger partial charge is 0.263 e. The van der Waals surface area contributed by atoms with Crippen LogP contribution in [-0.2, 0) is 24.4 Å². The number of imide groups is 2. The fourth-order valence-corrected chi connectivity index (χ4v) is 13.5. The number of fused-ring (bicyclic) bond motifs is 4. The molecule has 1 aliphatic carbocycles. The molecule has 2 saturated heterocycles. The molecule has 13 nitrogen and oxygen atoms in total. The van der Waals surface area contributed by atoms with E-state index in [0.717, 1.165) is 94.9 Å². The predicted octanol–water partition coefficient (Wildman–Crippen LogP) is 8.09. The molecule has 4 atom stereocenters. The Kier molecular flexibility index (Phi) is 13.5. The molecule has 0 bridgehead atoms. The fourth-order valence-electron chi connectivity index (χ4n) is 10.8. The Balaban J connectivity index is 0.731. The number of carbonyl (C=O) groups excluding carboxylic acids is 5. The first-order valence-corrected chi connectivity index (χ1v) is 25.8. The number of piperidine rings is 1. The summed E-state index contributed by atoms with van der Waals surface area (Å²) in [5.74, 6) is -0.0205. The molecule has 4 aromatic carbocycles. The van der Waals surface area contributed by atoms with Gasteiger partial charge in [0.05, 0.1) is 34.7 Å². The first-order chi connectivity index (χ1) is 31.9. The average molecular weight is 932 g/mol. The maximum Gasteiger partial charge on any atom is 0.263 e. The molecule has 5 aliphatic rings. The van der Waals surface area contributed by atoms with E-state index in [-0.39, 0.29) is 42.2 Å². The van der Waals surface area contributed by atoms with Gasteiger partial charge in [0, 0.05) is 41.6 Å². The summed E-state index contributed by atoms with van der Waals surface area (Å²) in [6.07, 6.45) is 9.81. The molecule has 4 heterocycles. The zero-order valence-corrected chi connectivity index (χ0v) is 38.8. The zero-order valence-electron chi connectivity index (χ0n) is 37.2. The van der Waals surface area contributed by atoms with Gasteiger partial charge in [-0.05, 0) is 128 Å². The number of aliphatic hydroxyl groups excluding tert-OH is 1. The number of rotatable bonds is 15. The van der Waals surface area contributed by atoms with Crippen molar-refractivity contribution in [3.05, 3.63) is 107 Å². The van der Waals surface area contributed by atoms with Gasteiger partial charge < -0.3 is 15.7 Å². The first-order valence-electron chi connectivity index (χ1n) is 23.4. The van der Waals surface area contributed by atoms with E-state index in [1.54, 1.807) is 40.3 Å². The van der Waals surface area contributed by atoms with E-state index < -0.39 is 45.7 Å². The van der Waals surface area contributed by atoms with Crippen LogP contribution in [0.1, 0.15) is 115 Å². The fraction of sp³-hybridized carbons (Fsp3) is 0.431. The van der Waals surface area contributed by atoms with Gasteiger partial charge in [-0.2, -0.15) is 4.31 Å². The van der Waals surface area contributed by atoms with E-state index in [1.165, 1.54) is 0 Å². The number of anilines is 2. The topological polar surface area (TPSA) is 182 Å². The van der Waals surface area contributed by atoms with Crippen LogP contribution in [0.15, 0.2) is 94.7 Å². The van der Waals surface area contributed by atoms with Crippen molar-refractivity contribution < 1.29 is 37.5 Å². The highest BCUT2D eigenvalue weighted by atomic mass is 32.2. The number of aliphatic hydroxyl groups is 1. The van der Waals surface area contributed by atoms with Crippen molar-refractivity contribution in [2.45, 2.75) is 112 Å². The van der Waals surface area contributed by atoms with Crippen molar-refractivity contribution in [3.8, 4) is 11.1 Å². The highest BCUT2D eigenvalue weighted by Crippen LogP contribution is 2.49. The summed E-state index contributed by atoms with van der Waals surface area (Å²) in [4.78, 5) is 66.0. The Hall–Kier alpha value is -5.35. The number of carbonyl (C=O) groups is 5. The average Bonchev–Trinajstić information content (AvgIpc) is 3.88. The summed E-state index contributed by atoms with van der Waals surface area (Å²) in [7, 11) is -3.79. The van der Waals surface area contributed by atoms with Crippen LogP contribution in [0, 0.1) is 24.7 Å². The first kappa shape index (κ1) is 45.8. The lowest BCUT2D eigenvalue weighted by molar-refractivity contribution is -0.136. The number of amides is 5. The normalized spacial score (nSPS) is 24.1. The molecule has 3 fully saturated rings. The maximum absolute atomic E-state index is 14.0. The number of sulfonamides is 1. The van der Waals surface area contributed by atoms with Gasteiger partial charge in [-0.3, -0.25) is 34.2 Å². The molecule has 4 N–H and O–H groups in total. The molecule has 346 valence electrons. The van der Waals surface area contributed by atoms with Crippen LogP contribution < -0.4 is 16.0 Å². The van der Waals surface area contributed by atoms with Gasteiger partial charge in [0.25, 0.3) is 11.8 Å². The van der Waals surface area contributed by atoms with Gasteiger partial charge in [0.15, 0.2) is 0 Å². The number of aryl methyl sites for hydroxylation is 1. The number of hydrogen-bond acceptors (Lipinski definition) is 10. The van der Waals surface area contributed by atoms with E-state index >= 15 is 0 Å². The molecule has 5 amide bonds. The zero-order chi connectivity index (χ0) is 46.1. The summed E-state index contributed by atoms with van der Waals surface area (Å²) in [6.45, 7) is 2.20. The van der Waals surface area contributed by atoms with Gasteiger partial charge in [0.2, 0.25) is 27.7 Å². The maximum atomic E-state index is 14.0. The highest BCUT2D eigenvalue weighted by Gasteiger charge is 2.49. The monoisotopic (exact) mass is 931 g/mol. The summed E-state index contributed by atoms with van der Waals surface area (Å²) < 4.78 is 29.7. The summed E-state index contributed by atoms with van der Waals surface area (Å²) in [5, 5.41) is 19.1. The Morgan fingerprint density at radius 3 is 2.30 bits per heavy atom. The largest absolute Gasteiger partial charge is 0.394 e. The second-order valence-electron chi connectivity index (χ2n) is 18.6. The quantitative estimate of drug-likeness (QED) is 0.0517. The Morgan fingerprint density at radius 2 is 1.56 bits per heavy atom. The van der Waals surface area contributed by atoms with Gasteiger partial charge in [0.1, 0.15) is 6.04 Å². The lowest BCUT2D eigenvalue weighted by atomic mass is 9.78. The highest BCUT2D eigenvalue weighted by molar-refractivity contribution is 7.99. The minimum absolute atomic E-state index is 0.0208. The predicted molar refractivity (Wildman–Crippen MR) is 253 cm³/mol. The minimum atomic E-state index is -3.79. The molecular formula is C51H57N5O8S2. The minimum Gasteiger partial charge on any atom is -0.394 e. The van der Waals surface area contributed by atoms with Crippen molar-refractivity contribution in [1.29, 1.82) is 0 Å². The molecule has 9 rings (SSSR count). The van der Waals surface area contributed by atoms with Crippen molar-refractivity contribution >= 4 is 62.7 Å². The molecule has 66 heavy (non-hydrogen) atoms. The van der Waals surface area contributed by atoms with Crippen molar-refractivity contribution in [2.75, 3.05) is 29.5 Å². The van der Waals surface area contributed by atoms with Gasteiger partial charge >= 0.3 is 0 Å². The molecule has 15 heteroatoms. The third-order valence-corrected chi connectivity index (χ3v) is 17.4. The second kappa shape index (κ2) is 19.5. The molecule has 1 unspecified atom stereocenters. The molecule has 4 aromatic rings. The lowest BCUT2D eigenvalue weighted by Gasteiger charge is -2.39. The molecule has 4 aliphatic heterocycles. The van der Waals surface area contributed by atoms with Crippen LogP contribution in [0.3, 0.4) is 0 Å². The molecular weight excluding hydrogens is 875 g/mol. The number of hydrogen-bond donors (Lipinski definition) is 4. The third-order valence-electron chi connectivity index (χ3n) is 14.4. The van der Waals surface area contributed by atoms with Crippen LogP contribution >= 0.6 is 11.8 Å². The van der Waals surface area contributed by atoms with E-state index in [2.05, 4.69) is 22.0 Å². The molecule has 0 radical (unpaired) electrons. The second-order valence-corrected chi connectivity index (χ2v) is 21.6. The molecule has 0 spiro atoms. The standard InChI is InChI=1S/C51H57N5O8S2/c1-31-13-20-37(21-14-31)66(63,64)55-26-25-38-42(30-57)53-41-22-19-35(29-40(41)48(38)55)34-8-3-9-36(28-34)52-45(58)12-2-6-32-15-17-33(18-16-32)7-5-27-65-44-11-4-10-39-47(44)51(62)56(50(39)61)43-23-24-46(59)54-49(43)60/h3-4,8-11,13-14,19-22,28-29,32-33,38,42-43,48,53,57H,2,5-7,12,15-18,23-27,30H2,1H3,(H,52,58)(H,54,59,60)/t32?,33?,38-,42+,43?,48-/m1/s1. The Bertz CT molecular complexity index is 2650. The van der Waals surface area contributed by atoms with Crippen LogP contribution in [0.5, 0.6) is 0 Å². The van der Waals surface area contributed by atoms with Crippen LogP contribution in [0.2, 0.25) is 0 Å². The SMILES string of the molecule is Cc1ccc(S(=O)(=O)N2CC[C@@H]3[C@H](CO)Nc4ccc(-c5cccc(NC(=O)CCCC6CCC(CCCSc7cccc8c7C(=O)N(C7CCC(=O)NC7=O)C8=O)CC6)c5)cc4[C@@H]32)cc1. The number of benzene rings is 4. The van der Waals surface area contributed by atoms with E-state index in [0.29, 0.717) is 48.0 Å². The number of nitrogens with one attached hydrogen (secondary N) is 3. The van der Waals surface area contributed by atoms with Gasteiger partial charge in [-0.15, -0.1) is 11.8 Å².